The van der Waals surface area contributed by atoms with Gasteiger partial charge in [-0.2, -0.15) is 22.0 Å². The van der Waals surface area contributed by atoms with Gasteiger partial charge < -0.3 is 4.74 Å². The number of rotatable bonds is 8. The van der Waals surface area contributed by atoms with Gasteiger partial charge in [-0.15, -0.1) is 0 Å². The van der Waals surface area contributed by atoms with Crippen molar-refractivity contribution in [2.75, 3.05) is 0 Å². The molecular weight excluding hydrogens is 382 g/mol. The van der Waals surface area contributed by atoms with Crippen molar-refractivity contribution in [2.45, 2.75) is 70.8 Å². The van der Waals surface area contributed by atoms with Crippen molar-refractivity contribution < 1.29 is 31.1 Å². The predicted octanol–water partition coefficient (Wildman–Crippen LogP) is 7.51. The van der Waals surface area contributed by atoms with Crippen molar-refractivity contribution in [2.24, 2.45) is 11.8 Å². The monoisotopic (exact) mass is 408 g/mol. The molecule has 0 spiro atoms. The summed E-state index contributed by atoms with van der Waals surface area (Å²) in [7, 11) is 0. The number of ether oxygens (including phenoxy) is 1. The van der Waals surface area contributed by atoms with Crippen LogP contribution in [0.15, 0.2) is 30.4 Å². The van der Waals surface area contributed by atoms with Crippen molar-refractivity contribution in [3.05, 3.63) is 47.3 Å². The molecule has 0 unspecified atom stereocenters. The van der Waals surface area contributed by atoms with Crippen molar-refractivity contribution in [1.82, 2.24) is 0 Å². The van der Waals surface area contributed by atoms with E-state index in [0.717, 1.165) is 31.7 Å². The van der Waals surface area contributed by atoms with Gasteiger partial charge in [-0.1, -0.05) is 31.1 Å². The lowest BCUT2D eigenvalue weighted by Gasteiger charge is -2.30. The largest absolute Gasteiger partial charge is 0.419 e. The molecule has 158 valence electrons. The lowest BCUT2D eigenvalue weighted by Crippen LogP contribution is -2.27. The molecule has 0 N–H and O–H groups in total. The molecule has 7 heteroatoms. The van der Waals surface area contributed by atoms with Gasteiger partial charge in [0.25, 0.3) is 0 Å². The van der Waals surface area contributed by atoms with E-state index in [4.69, 9.17) is 0 Å². The number of hydrogen-bond acceptors (Lipinski definition) is 1. The summed E-state index contributed by atoms with van der Waals surface area (Å²) < 4.78 is 83.9. The molecule has 0 amide bonds. The van der Waals surface area contributed by atoms with Gasteiger partial charge in [-0.3, -0.25) is 0 Å². The van der Waals surface area contributed by atoms with Gasteiger partial charge in [-0.25, -0.2) is 4.39 Å². The Morgan fingerprint density at radius 3 is 2.25 bits per heavy atom. The highest BCUT2D eigenvalue weighted by atomic mass is 19.4. The van der Waals surface area contributed by atoms with Gasteiger partial charge >= 0.3 is 12.3 Å². The third kappa shape index (κ3) is 7.15. The number of halogens is 6. The summed E-state index contributed by atoms with van der Waals surface area (Å²) in [4.78, 5) is 0. The summed E-state index contributed by atoms with van der Waals surface area (Å²) in [5.41, 5.74) is -1.48. The van der Waals surface area contributed by atoms with Crippen LogP contribution in [0.25, 0.3) is 0 Å². The molecule has 1 saturated carbocycles. The Hall–Kier alpha value is -1.50. The molecule has 0 heterocycles. The van der Waals surface area contributed by atoms with Crippen molar-refractivity contribution in [3.63, 3.8) is 0 Å². The maximum atomic E-state index is 14.1. The zero-order valence-corrected chi connectivity index (χ0v) is 15.9. The fourth-order valence-electron chi connectivity index (χ4n) is 3.69. The Morgan fingerprint density at radius 1 is 1.04 bits per heavy atom. The van der Waals surface area contributed by atoms with Gasteiger partial charge in [-0.05, 0) is 62.1 Å². The van der Waals surface area contributed by atoms with E-state index < -0.39 is 36.7 Å². The van der Waals surface area contributed by atoms with Crippen LogP contribution in [0.1, 0.15) is 63.0 Å². The highest BCUT2D eigenvalue weighted by Crippen LogP contribution is 2.38. The minimum atomic E-state index is -4.82. The molecular formula is C21H26F6O. The lowest BCUT2D eigenvalue weighted by molar-refractivity contribution is -0.256. The third-order valence-electron chi connectivity index (χ3n) is 5.26. The van der Waals surface area contributed by atoms with Crippen LogP contribution >= 0.6 is 0 Å². The lowest BCUT2D eigenvalue weighted by atomic mass is 9.78. The molecule has 0 aliphatic heterocycles. The minimum absolute atomic E-state index is 0.0575. The molecule has 1 aliphatic carbocycles. The predicted molar refractivity (Wildman–Crippen MR) is 95.3 cm³/mol. The normalized spacial score (nSPS) is 21.4. The van der Waals surface area contributed by atoms with E-state index in [2.05, 4.69) is 10.8 Å². The first-order valence-corrected chi connectivity index (χ1v) is 9.59. The van der Waals surface area contributed by atoms with Gasteiger partial charge in [0.2, 0.25) is 0 Å². The molecule has 1 nitrogen and oxygen atoms in total. The number of allylic oxidation sites excluding steroid dienone is 2. The van der Waals surface area contributed by atoms with Crippen molar-refractivity contribution in [3.8, 4) is 0 Å². The first-order chi connectivity index (χ1) is 13.1. The quantitative estimate of drug-likeness (QED) is 0.319. The molecule has 0 atom stereocenters. The maximum absolute atomic E-state index is 14.1. The SMILES string of the molecule is CC=CCC[C@H]1CC[C@H](CC(F)(F)OCc2ccc(C(F)(F)F)c(F)c2)CC1. The van der Waals surface area contributed by atoms with Gasteiger partial charge in [0.1, 0.15) is 5.82 Å². The van der Waals surface area contributed by atoms with E-state index in [0.29, 0.717) is 30.9 Å². The summed E-state index contributed by atoms with van der Waals surface area (Å²) in [5.74, 6) is -1.07. The molecule has 1 aromatic carbocycles. The highest BCUT2D eigenvalue weighted by molar-refractivity contribution is 5.26. The second kappa shape index (κ2) is 9.81. The van der Waals surface area contributed by atoms with Gasteiger partial charge in [0, 0.05) is 6.42 Å². The van der Waals surface area contributed by atoms with E-state index in [1.807, 2.05) is 13.0 Å². The molecule has 2 rings (SSSR count). The second-order valence-corrected chi connectivity index (χ2v) is 7.48. The van der Waals surface area contributed by atoms with Crippen molar-refractivity contribution >= 4 is 0 Å². The van der Waals surface area contributed by atoms with E-state index in [9.17, 15) is 26.3 Å². The van der Waals surface area contributed by atoms with E-state index in [-0.39, 0.29) is 11.5 Å². The smallest absolute Gasteiger partial charge is 0.316 e. The average Bonchev–Trinajstić information content (AvgIpc) is 2.60. The van der Waals surface area contributed by atoms with Gasteiger partial charge in [0.15, 0.2) is 0 Å². The van der Waals surface area contributed by atoms with Crippen LogP contribution in [-0.4, -0.2) is 6.11 Å². The summed E-state index contributed by atoms with van der Waals surface area (Å²) in [6.45, 7) is 1.33. The molecule has 1 aliphatic rings. The molecule has 1 fully saturated rings. The maximum Gasteiger partial charge on any atom is 0.419 e. The van der Waals surface area contributed by atoms with Crippen molar-refractivity contribution in [1.29, 1.82) is 0 Å². The van der Waals surface area contributed by atoms with Crippen LogP contribution in [0.4, 0.5) is 26.3 Å². The Kier molecular flexibility index (Phi) is 7.98. The van der Waals surface area contributed by atoms with Crippen LogP contribution in [0, 0.1) is 17.7 Å². The topological polar surface area (TPSA) is 9.23 Å². The first-order valence-electron chi connectivity index (χ1n) is 9.59. The first kappa shape index (κ1) is 22.8. The number of alkyl halides is 5. The second-order valence-electron chi connectivity index (χ2n) is 7.48. The zero-order valence-electron chi connectivity index (χ0n) is 15.9. The van der Waals surface area contributed by atoms with Crippen LogP contribution < -0.4 is 0 Å². The summed E-state index contributed by atoms with van der Waals surface area (Å²) >= 11 is 0. The average molecular weight is 408 g/mol. The van der Waals surface area contributed by atoms with Crippen LogP contribution in [0.2, 0.25) is 0 Å². The summed E-state index contributed by atoms with van der Waals surface area (Å²) in [5, 5.41) is 0. The molecule has 0 aromatic heterocycles. The van der Waals surface area contributed by atoms with E-state index in [1.54, 1.807) is 0 Å². The fraction of sp³-hybridized carbons (Fsp3) is 0.619. The summed E-state index contributed by atoms with van der Waals surface area (Å²) in [6.07, 6.45) is 0.842. The highest BCUT2D eigenvalue weighted by Gasteiger charge is 2.36. The molecule has 1 aromatic rings. The Bertz CT molecular complexity index is 645. The molecule has 0 saturated heterocycles. The molecule has 28 heavy (non-hydrogen) atoms. The zero-order chi connectivity index (χ0) is 20.8. The number of benzene rings is 1. The van der Waals surface area contributed by atoms with Crippen LogP contribution in [0.3, 0.4) is 0 Å². The van der Waals surface area contributed by atoms with E-state index >= 15 is 0 Å². The minimum Gasteiger partial charge on any atom is -0.316 e. The molecule has 0 radical (unpaired) electrons. The van der Waals surface area contributed by atoms with Crippen LogP contribution in [0.5, 0.6) is 0 Å². The Labute approximate surface area is 161 Å². The third-order valence-corrected chi connectivity index (χ3v) is 5.26. The standard InChI is InChI=1S/C21H26F6O/c1-2-3-4-5-15-6-8-16(9-7-15)13-20(23,24)28-14-17-10-11-18(19(22)12-17)21(25,26)27/h2-3,10-12,15-16H,4-9,13-14H2,1H3/t15-,16-. The van der Waals surface area contributed by atoms with Gasteiger partial charge in [0.05, 0.1) is 12.2 Å². The fourth-order valence-corrected chi connectivity index (χ4v) is 3.69. The summed E-state index contributed by atoms with van der Waals surface area (Å²) in [6, 6.07) is 2.09. The Balaban J connectivity index is 1.80. The van der Waals surface area contributed by atoms with Crippen LogP contribution in [-0.2, 0) is 17.5 Å². The van der Waals surface area contributed by atoms with E-state index in [1.165, 1.54) is 0 Å². The number of hydrogen-bond donors (Lipinski definition) is 0. The Morgan fingerprint density at radius 2 is 1.68 bits per heavy atom. The molecule has 0 bridgehead atoms.